The lowest BCUT2D eigenvalue weighted by molar-refractivity contribution is -0.120. The van der Waals surface area contributed by atoms with Gasteiger partial charge in [-0.15, -0.1) is 11.3 Å². The Morgan fingerprint density at radius 3 is 2.73 bits per heavy atom. The molecule has 2 aromatic heterocycles. The minimum Gasteiger partial charge on any atom is -0.368 e. The number of thiophene rings is 1. The molecule has 0 aliphatic heterocycles. The van der Waals surface area contributed by atoms with Crippen molar-refractivity contribution in [2.45, 2.75) is 12.6 Å². The lowest BCUT2D eigenvalue weighted by atomic mass is 10.1. The van der Waals surface area contributed by atoms with Crippen molar-refractivity contribution in [1.82, 2.24) is 10.3 Å². The highest BCUT2D eigenvalue weighted by Gasteiger charge is 2.17. The number of nitrogens with one attached hydrogen (secondary N) is 1. The molecule has 0 spiro atoms. The first-order valence-corrected chi connectivity index (χ1v) is 8.61. The number of amides is 1. The van der Waals surface area contributed by atoms with Crippen molar-refractivity contribution >= 4 is 28.6 Å². The van der Waals surface area contributed by atoms with E-state index in [2.05, 4.69) is 21.7 Å². The van der Waals surface area contributed by atoms with Crippen molar-refractivity contribution < 1.29 is 4.79 Å². The summed E-state index contributed by atoms with van der Waals surface area (Å²) in [6.07, 6.45) is 0. The minimum atomic E-state index is -0.507. The monoisotopic (exact) mass is 329 g/mol. The van der Waals surface area contributed by atoms with Gasteiger partial charge in [-0.3, -0.25) is 10.1 Å². The second-order valence-corrected chi connectivity index (χ2v) is 6.42. The highest BCUT2D eigenvalue weighted by molar-refractivity contribution is 7.14. The molecular formula is C16H15N3OS2. The first kappa shape index (κ1) is 14.9. The molecule has 22 heavy (non-hydrogen) atoms. The zero-order valence-corrected chi connectivity index (χ0v) is 13.4. The fourth-order valence-electron chi connectivity index (χ4n) is 2.14. The van der Waals surface area contributed by atoms with Crippen LogP contribution in [0.1, 0.15) is 17.3 Å². The Morgan fingerprint density at radius 2 is 2.05 bits per heavy atom. The van der Waals surface area contributed by atoms with Crippen LogP contribution in [0.5, 0.6) is 0 Å². The normalized spacial score (nSPS) is 12.2. The van der Waals surface area contributed by atoms with Gasteiger partial charge in [-0.1, -0.05) is 30.3 Å². The Balaban J connectivity index is 1.69. The zero-order chi connectivity index (χ0) is 15.4. The molecule has 0 radical (unpaired) electrons. The zero-order valence-electron chi connectivity index (χ0n) is 11.7. The summed E-state index contributed by atoms with van der Waals surface area (Å²) in [5, 5.41) is 10.3. The van der Waals surface area contributed by atoms with Crippen LogP contribution in [0.2, 0.25) is 0 Å². The van der Waals surface area contributed by atoms with Gasteiger partial charge in [-0.2, -0.15) is 11.3 Å². The number of nitrogens with zero attached hydrogens (tertiary/aromatic N) is 1. The van der Waals surface area contributed by atoms with Crippen LogP contribution in [-0.4, -0.2) is 10.9 Å². The van der Waals surface area contributed by atoms with E-state index in [1.807, 2.05) is 41.1 Å². The van der Waals surface area contributed by atoms with Crippen LogP contribution >= 0.6 is 22.7 Å². The molecule has 2 heterocycles. The molecule has 4 nitrogen and oxygen atoms in total. The molecular weight excluding hydrogens is 314 g/mol. The molecule has 0 aliphatic carbocycles. The van der Waals surface area contributed by atoms with Gasteiger partial charge < -0.3 is 5.73 Å². The highest BCUT2D eigenvalue weighted by atomic mass is 32.1. The van der Waals surface area contributed by atoms with E-state index in [1.165, 1.54) is 0 Å². The van der Waals surface area contributed by atoms with E-state index >= 15 is 0 Å². The molecule has 3 rings (SSSR count). The van der Waals surface area contributed by atoms with Crippen LogP contribution < -0.4 is 11.1 Å². The molecule has 1 aromatic carbocycles. The van der Waals surface area contributed by atoms with Crippen molar-refractivity contribution in [3.05, 3.63) is 63.8 Å². The van der Waals surface area contributed by atoms with Gasteiger partial charge in [0.15, 0.2) is 0 Å². The Hall–Kier alpha value is -2.02. The van der Waals surface area contributed by atoms with Gasteiger partial charge >= 0.3 is 0 Å². The molecule has 0 unspecified atom stereocenters. The van der Waals surface area contributed by atoms with Crippen LogP contribution in [0.3, 0.4) is 0 Å². The summed E-state index contributed by atoms with van der Waals surface area (Å²) in [7, 11) is 0. The Kier molecular flexibility index (Phi) is 4.62. The van der Waals surface area contributed by atoms with Gasteiger partial charge in [0.2, 0.25) is 5.91 Å². The summed E-state index contributed by atoms with van der Waals surface area (Å²) in [5.41, 5.74) is 8.41. The second kappa shape index (κ2) is 6.83. The fraction of sp³-hybridized carbons (Fsp3) is 0.125. The number of aromatic nitrogens is 1. The number of hydrogen-bond acceptors (Lipinski definition) is 5. The molecule has 0 saturated heterocycles. The van der Waals surface area contributed by atoms with Gasteiger partial charge in [0, 0.05) is 22.9 Å². The van der Waals surface area contributed by atoms with Crippen LogP contribution in [0.25, 0.3) is 10.6 Å². The molecule has 1 atom stereocenters. The van der Waals surface area contributed by atoms with Crippen molar-refractivity contribution in [1.29, 1.82) is 0 Å². The number of carbonyl (C=O) groups excluding carboxylic acids is 1. The van der Waals surface area contributed by atoms with Crippen LogP contribution in [0.4, 0.5) is 0 Å². The Morgan fingerprint density at radius 1 is 1.23 bits per heavy atom. The summed E-state index contributed by atoms with van der Waals surface area (Å²) in [4.78, 5) is 16.2. The van der Waals surface area contributed by atoms with E-state index in [1.54, 1.807) is 22.7 Å². The second-order valence-electron chi connectivity index (χ2n) is 4.78. The fourth-order valence-corrected chi connectivity index (χ4v) is 3.67. The Labute approximate surface area is 136 Å². The number of carbonyl (C=O) groups is 1. The first-order chi connectivity index (χ1) is 10.7. The summed E-state index contributed by atoms with van der Waals surface area (Å²) >= 11 is 3.26. The molecule has 0 bridgehead atoms. The number of rotatable bonds is 6. The lowest BCUT2D eigenvalue weighted by Crippen LogP contribution is -2.33. The molecule has 1 amide bonds. The van der Waals surface area contributed by atoms with E-state index in [9.17, 15) is 4.79 Å². The van der Waals surface area contributed by atoms with E-state index < -0.39 is 6.04 Å². The first-order valence-electron chi connectivity index (χ1n) is 6.78. The summed E-state index contributed by atoms with van der Waals surface area (Å²) < 4.78 is 0. The lowest BCUT2D eigenvalue weighted by Gasteiger charge is -2.14. The molecule has 0 saturated carbocycles. The predicted molar refractivity (Wildman–Crippen MR) is 90.6 cm³/mol. The molecule has 0 aliphatic rings. The van der Waals surface area contributed by atoms with Crippen molar-refractivity contribution in [2.75, 3.05) is 0 Å². The van der Waals surface area contributed by atoms with Crippen LogP contribution in [-0.2, 0) is 11.3 Å². The van der Waals surface area contributed by atoms with Crippen molar-refractivity contribution in [2.24, 2.45) is 5.73 Å². The van der Waals surface area contributed by atoms with E-state index in [-0.39, 0.29) is 5.91 Å². The predicted octanol–water partition coefficient (Wildman–Crippen LogP) is 3.19. The molecule has 112 valence electrons. The summed E-state index contributed by atoms with van der Waals surface area (Å²) in [5.74, 6) is -0.389. The van der Waals surface area contributed by atoms with Gasteiger partial charge in [0.05, 0.1) is 5.69 Å². The van der Waals surface area contributed by atoms with Crippen molar-refractivity contribution in [3.8, 4) is 10.6 Å². The van der Waals surface area contributed by atoms with Crippen LogP contribution in [0.15, 0.2) is 52.5 Å². The maximum atomic E-state index is 11.7. The number of nitrogens with two attached hydrogens (primary N) is 1. The van der Waals surface area contributed by atoms with E-state index in [0.717, 1.165) is 21.8 Å². The third-order valence-corrected chi connectivity index (χ3v) is 4.85. The maximum absolute atomic E-state index is 11.7. The number of thiazole rings is 1. The maximum Gasteiger partial charge on any atom is 0.239 e. The van der Waals surface area contributed by atoms with E-state index in [4.69, 9.17) is 5.73 Å². The van der Waals surface area contributed by atoms with Gasteiger partial charge in [-0.25, -0.2) is 4.98 Å². The Bertz CT molecular complexity index is 738. The SMILES string of the molecule is NC(=O)[C@@H](NCc1csc(-c2ccsc2)n1)c1ccccc1. The third-order valence-electron chi connectivity index (χ3n) is 3.22. The molecule has 6 heteroatoms. The molecule has 3 N–H and O–H groups in total. The largest absolute Gasteiger partial charge is 0.368 e. The average Bonchev–Trinajstić information content (AvgIpc) is 3.19. The number of hydrogen-bond donors (Lipinski definition) is 2. The third kappa shape index (κ3) is 3.41. The molecule has 3 aromatic rings. The number of primary amides is 1. The smallest absolute Gasteiger partial charge is 0.239 e. The van der Waals surface area contributed by atoms with Gasteiger partial charge in [0.25, 0.3) is 0 Å². The molecule has 0 fully saturated rings. The average molecular weight is 329 g/mol. The van der Waals surface area contributed by atoms with Crippen LogP contribution in [0, 0.1) is 0 Å². The quantitative estimate of drug-likeness (QED) is 0.730. The summed E-state index contributed by atoms with van der Waals surface area (Å²) in [6.45, 7) is 0.503. The standard InChI is InChI=1S/C16H15N3OS2/c17-15(20)14(11-4-2-1-3-5-11)18-8-13-10-22-16(19-13)12-6-7-21-9-12/h1-7,9-10,14,18H,8H2,(H2,17,20)/t14-/m0/s1. The minimum absolute atomic E-state index is 0.389. The number of benzene rings is 1. The summed E-state index contributed by atoms with van der Waals surface area (Å²) in [6, 6.07) is 11.0. The topological polar surface area (TPSA) is 68.0 Å². The van der Waals surface area contributed by atoms with E-state index in [0.29, 0.717) is 6.54 Å². The van der Waals surface area contributed by atoms with Gasteiger partial charge in [0.1, 0.15) is 11.0 Å². The van der Waals surface area contributed by atoms with Gasteiger partial charge in [-0.05, 0) is 17.0 Å². The van der Waals surface area contributed by atoms with Crippen molar-refractivity contribution in [3.63, 3.8) is 0 Å². The highest BCUT2D eigenvalue weighted by Crippen LogP contribution is 2.25.